The highest BCUT2D eigenvalue weighted by Crippen LogP contribution is 2.21. The van der Waals surface area contributed by atoms with Gasteiger partial charge in [0.15, 0.2) is 9.84 Å². The van der Waals surface area contributed by atoms with E-state index >= 15 is 0 Å². The first-order chi connectivity index (χ1) is 6.55. The molecule has 2 rings (SSSR count). The van der Waals surface area contributed by atoms with E-state index in [2.05, 4.69) is 10.1 Å². The van der Waals surface area contributed by atoms with E-state index in [0.717, 1.165) is 0 Å². The summed E-state index contributed by atoms with van der Waals surface area (Å²) >= 11 is 0. The van der Waals surface area contributed by atoms with Gasteiger partial charge in [-0.05, 0) is 12.3 Å². The summed E-state index contributed by atoms with van der Waals surface area (Å²) < 4.78 is 27.0. The van der Waals surface area contributed by atoms with Crippen LogP contribution in [0.1, 0.15) is 12.3 Å². The number of H-pyrrole nitrogens is 1. The molecule has 1 atom stereocenters. The molecule has 0 amide bonds. The molecule has 1 aromatic rings. The Hall–Kier alpha value is -1.11. The van der Waals surface area contributed by atoms with Gasteiger partial charge in [-0.3, -0.25) is 0 Å². The third-order valence-corrected chi connectivity index (χ3v) is 4.11. The molecule has 6 nitrogen and oxygen atoms in total. The molecule has 0 spiro atoms. The zero-order valence-electron chi connectivity index (χ0n) is 7.39. The summed E-state index contributed by atoms with van der Waals surface area (Å²) in [6, 6.07) is 0. The number of hydrogen-bond acceptors (Lipinski definition) is 5. The Kier molecular flexibility index (Phi) is 2.18. The number of hydrogen-bond donors (Lipinski definition) is 1. The summed E-state index contributed by atoms with van der Waals surface area (Å²) in [4.78, 5) is 14.2. The van der Waals surface area contributed by atoms with Gasteiger partial charge in [-0.2, -0.15) is 10.1 Å². The van der Waals surface area contributed by atoms with Gasteiger partial charge in [-0.15, -0.1) is 0 Å². The molecule has 1 aliphatic heterocycles. The van der Waals surface area contributed by atoms with Crippen LogP contribution in [-0.4, -0.2) is 30.1 Å². The number of nitrogens with zero attached hydrogens (tertiary/aromatic N) is 1. The molecule has 1 aromatic heterocycles. The molecule has 0 saturated carbocycles. The van der Waals surface area contributed by atoms with Crippen molar-refractivity contribution in [3.63, 3.8) is 0 Å². The van der Waals surface area contributed by atoms with Crippen molar-refractivity contribution in [2.45, 2.75) is 12.8 Å². The SMILES string of the molecule is O=c1nc(CC2CCS(=O)(=O)C2)o[nH]1. The normalized spacial score (nSPS) is 25.3. The van der Waals surface area contributed by atoms with Crippen molar-refractivity contribution in [2.24, 2.45) is 5.92 Å². The van der Waals surface area contributed by atoms with Crippen LogP contribution in [0.3, 0.4) is 0 Å². The highest BCUT2D eigenvalue weighted by molar-refractivity contribution is 7.91. The fourth-order valence-corrected chi connectivity index (χ4v) is 3.49. The molecule has 14 heavy (non-hydrogen) atoms. The van der Waals surface area contributed by atoms with Crippen molar-refractivity contribution in [1.82, 2.24) is 10.1 Å². The van der Waals surface area contributed by atoms with Gasteiger partial charge in [0.25, 0.3) is 0 Å². The lowest BCUT2D eigenvalue weighted by Gasteiger charge is -2.00. The summed E-state index contributed by atoms with van der Waals surface area (Å²) in [7, 11) is -2.87. The quantitative estimate of drug-likeness (QED) is 0.711. The maximum Gasteiger partial charge on any atom is 0.377 e. The number of aromatic nitrogens is 2. The van der Waals surface area contributed by atoms with E-state index in [1.807, 2.05) is 0 Å². The molecule has 1 unspecified atom stereocenters. The molecular formula is C7H10N2O4S. The van der Waals surface area contributed by atoms with E-state index in [9.17, 15) is 13.2 Å². The van der Waals surface area contributed by atoms with Crippen LogP contribution < -0.4 is 5.69 Å². The van der Waals surface area contributed by atoms with Gasteiger partial charge < -0.3 is 4.52 Å². The Bertz CT molecular complexity index is 472. The number of aromatic amines is 1. The predicted molar refractivity (Wildman–Crippen MR) is 47.6 cm³/mol. The first kappa shape index (κ1) is 9.45. The van der Waals surface area contributed by atoms with Crippen LogP contribution in [0.25, 0.3) is 0 Å². The predicted octanol–water partition coefficient (Wildman–Crippen LogP) is -0.660. The molecule has 1 saturated heterocycles. The highest BCUT2D eigenvalue weighted by atomic mass is 32.2. The lowest BCUT2D eigenvalue weighted by Crippen LogP contribution is -2.09. The molecule has 1 fully saturated rings. The fourth-order valence-electron chi connectivity index (χ4n) is 1.63. The molecular weight excluding hydrogens is 208 g/mol. The fraction of sp³-hybridized carbons (Fsp3) is 0.714. The second-order valence-electron chi connectivity index (χ2n) is 3.49. The van der Waals surface area contributed by atoms with Crippen molar-refractivity contribution in [2.75, 3.05) is 11.5 Å². The van der Waals surface area contributed by atoms with Crippen LogP contribution >= 0.6 is 0 Å². The molecule has 0 aliphatic carbocycles. The summed E-state index contributed by atoms with van der Waals surface area (Å²) in [5.74, 6) is 0.721. The number of nitrogens with one attached hydrogen (secondary N) is 1. The molecule has 7 heteroatoms. The van der Waals surface area contributed by atoms with Crippen LogP contribution in [0.2, 0.25) is 0 Å². The van der Waals surface area contributed by atoms with Crippen molar-refractivity contribution in [3.8, 4) is 0 Å². The van der Waals surface area contributed by atoms with Crippen LogP contribution in [-0.2, 0) is 16.3 Å². The monoisotopic (exact) mass is 218 g/mol. The van der Waals surface area contributed by atoms with Crippen molar-refractivity contribution >= 4 is 9.84 Å². The standard InChI is InChI=1S/C7H10N2O4S/c10-7-8-6(13-9-7)3-5-1-2-14(11,12)4-5/h5H,1-4H2,(H,9,10). The first-order valence-electron chi connectivity index (χ1n) is 4.30. The van der Waals surface area contributed by atoms with Gasteiger partial charge in [0.2, 0.25) is 5.89 Å². The average molecular weight is 218 g/mol. The van der Waals surface area contributed by atoms with Crippen LogP contribution in [0.15, 0.2) is 9.32 Å². The zero-order chi connectivity index (χ0) is 10.2. The smallest absolute Gasteiger partial charge is 0.362 e. The molecule has 0 aromatic carbocycles. The minimum absolute atomic E-state index is 0.0337. The van der Waals surface area contributed by atoms with Gasteiger partial charge in [0, 0.05) is 6.42 Å². The lowest BCUT2D eigenvalue weighted by molar-refractivity contribution is 0.356. The topological polar surface area (TPSA) is 93.0 Å². The Morgan fingerprint density at radius 1 is 1.57 bits per heavy atom. The molecule has 1 N–H and O–H groups in total. The van der Waals surface area contributed by atoms with E-state index in [4.69, 9.17) is 4.52 Å². The van der Waals surface area contributed by atoms with Crippen molar-refractivity contribution in [1.29, 1.82) is 0 Å². The first-order valence-corrected chi connectivity index (χ1v) is 6.12. The third kappa shape index (κ3) is 2.03. The second-order valence-corrected chi connectivity index (χ2v) is 5.72. The minimum atomic E-state index is -2.87. The van der Waals surface area contributed by atoms with Crippen LogP contribution in [0.4, 0.5) is 0 Å². The van der Waals surface area contributed by atoms with Gasteiger partial charge in [0.05, 0.1) is 11.5 Å². The van der Waals surface area contributed by atoms with Gasteiger partial charge in [-0.25, -0.2) is 13.2 Å². The molecule has 0 radical (unpaired) electrons. The Morgan fingerprint density at radius 3 is 2.86 bits per heavy atom. The Morgan fingerprint density at radius 2 is 2.36 bits per heavy atom. The summed E-state index contributed by atoms with van der Waals surface area (Å²) in [6.45, 7) is 0. The molecule has 78 valence electrons. The van der Waals surface area contributed by atoms with Gasteiger partial charge in [-0.1, -0.05) is 0 Å². The van der Waals surface area contributed by atoms with Gasteiger partial charge >= 0.3 is 5.69 Å². The third-order valence-electron chi connectivity index (χ3n) is 2.27. The van der Waals surface area contributed by atoms with Crippen molar-refractivity contribution < 1.29 is 12.9 Å². The maximum atomic E-state index is 11.1. The Labute approximate surface area is 80.2 Å². The van der Waals surface area contributed by atoms with E-state index in [1.54, 1.807) is 0 Å². The van der Waals surface area contributed by atoms with Crippen LogP contribution in [0, 0.1) is 5.92 Å². The molecule has 0 bridgehead atoms. The number of rotatable bonds is 2. The number of sulfone groups is 1. The van der Waals surface area contributed by atoms with Gasteiger partial charge in [0.1, 0.15) is 0 Å². The highest BCUT2D eigenvalue weighted by Gasteiger charge is 2.29. The summed E-state index contributed by atoms with van der Waals surface area (Å²) in [5, 5.41) is 2.07. The largest absolute Gasteiger partial charge is 0.377 e. The van der Waals surface area contributed by atoms with E-state index in [-0.39, 0.29) is 23.3 Å². The van der Waals surface area contributed by atoms with E-state index < -0.39 is 15.5 Å². The average Bonchev–Trinajstić information content (AvgIpc) is 2.59. The zero-order valence-corrected chi connectivity index (χ0v) is 8.21. The maximum absolute atomic E-state index is 11.1. The summed E-state index contributed by atoms with van der Waals surface area (Å²) in [6.07, 6.45) is 1.04. The van der Waals surface area contributed by atoms with E-state index in [1.165, 1.54) is 0 Å². The summed E-state index contributed by atoms with van der Waals surface area (Å²) in [5.41, 5.74) is -0.527. The molecule has 1 aliphatic rings. The Balaban J connectivity index is 2.04. The second kappa shape index (κ2) is 3.23. The molecule has 2 heterocycles. The van der Waals surface area contributed by atoms with Crippen LogP contribution in [0.5, 0.6) is 0 Å². The lowest BCUT2D eigenvalue weighted by atomic mass is 10.1. The minimum Gasteiger partial charge on any atom is -0.362 e. The van der Waals surface area contributed by atoms with E-state index in [0.29, 0.717) is 12.8 Å². The van der Waals surface area contributed by atoms with Crippen molar-refractivity contribution in [3.05, 3.63) is 16.4 Å².